The SMILES string of the molecule is COc1ccc(CN2C[C@]3(O[C@H](COCc4ccccc4)[C@@H]4OC(C)(C)O[C@H]43)N(C(=O)OCc3ccccc3)C2=O)cc1. The lowest BCUT2D eigenvalue weighted by molar-refractivity contribution is -0.231. The van der Waals surface area contributed by atoms with Crippen LogP contribution in [-0.4, -0.2) is 72.0 Å². The van der Waals surface area contributed by atoms with E-state index in [2.05, 4.69) is 0 Å². The van der Waals surface area contributed by atoms with E-state index in [1.165, 1.54) is 0 Å². The van der Waals surface area contributed by atoms with Gasteiger partial charge in [-0.1, -0.05) is 72.8 Å². The number of hydrogen-bond donors (Lipinski definition) is 0. The van der Waals surface area contributed by atoms with Crippen LogP contribution in [0, 0.1) is 0 Å². The van der Waals surface area contributed by atoms with E-state index in [-0.39, 0.29) is 26.3 Å². The maximum absolute atomic E-state index is 14.0. The highest BCUT2D eigenvalue weighted by Gasteiger charge is 2.71. The van der Waals surface area contributed by atoms with E-state index in [9.17, 15) is 9.59 Å². The Labute approximate surface area is 251 Å². The van der Waals surface area contributed by atoms with Crippen molar-refractivity contribution in [2.75, 3.05) is 20.3 Å². The molecule has 10 heteroatoms. The zero-order valence-electron chi connectivity index (χ0n) is 24.5. The van der Waals surface area contributed by atoms with E-state index >= 15 is 0 Å². The summed E-state index contributed by atoms with van der Waals surface area (Å²) in [6, 6.07) is 26.0. The number of carbonyl (C=O) groups excluding carboxylic acids is 2. The van der Waals surface area contributed by atoms with Crippen LogP contribution in [0.1, 0.15) is 30.5 Å². The molecular formula is C33H36N2O8. The lowest BCUT2D eigenvalue weighted by Crippen LogP contribution is -2.58. The molecule has 3 aromatic carbocycles. The summed E-state index contributed by atoms with van der Waals surface area (Å²) in [5.74, 6) is -0.256. The molecule has 0 bridgehead atoms. The van der Waals surface area contributed by atoms with Gasteiger partial charge in [-0.05, 0) is 42.7 Å². The summed E-state index contributed by atoms with van der Waals surface area (Å²) in [6.07, 6.45) is -2.76. The molecule has 0 aromatic heterocycles. The van der Waals surface area contributed by atoms with Gasteiger partial charge in [-0.2, -0.15) is 4.90 Å². The number of benzene rings is 3. The maximum atomic E-state index is 14.0. The average Bonchev–Trinajstić information content (AvgIpc) is 3.59. The number of fused-ring (bicyclic) bond motifs is 2. The van der Waals surface area contributed by atoms with E-state index in [0.717, 1.165) is 21.6 Å². The molecule has 3 heterocycles. The number of ether oxygens (including phenoxy) is 6. The first kappa shape index (κ1) is 29.1. The highest BCUT2D eigenvalue weighted by atomic mass is 16.8. The Morgan fingerprint density at radius 3 is 2.16 bits per heavy atom. The predicted molar refractivity (Wildman–Crippen MR) is 155 cm³/mol. The number of amides is 3. The number of methoxy groups -OCH3 is 1. The maximum Gasteiger partial charge on any atom is 0.420 e. The van der Waals surface area contributed by atoms with Crippen molar-refractivity contribution in [2.45, 2.75) is 63.4 Å². The standard InChI is InChI=1S/C33H36N2O8/c1-32(2)42-28-27(21-39-19-24-10-6-4-7-11-24)41-33(29(28)43-32)22-34(18-23-14-16-26(38-3)17-15-23)30(36)35(33)31(37)40-20-25-12-8-5-9-13-25/h4-17,27-29H,18-22H2,1-3H3/t27-,28+,29-,33-/m1/s1. The molecule has 3 aromatic rings. The minimum atomic E-state index is -1.49. The molecule has 0 unspecified atom stereocenters. The lowest BCUT2D eigenvalue weighted by atomic mass is 10.0. The Balaban J connectivity index is 1.28. The van der Waals surface area contributed by atoms with Crippen LogP contribution >= 0.6 is 0 Å². The lowest BCUT2D eigenvalue weighted by Gasteiger charge is -2.35. The Hall–Kier alpha value is -3.96. The summed E-state index contributed by atoms with van der Waals surface area (Å²) in [5.41, 5.74) is 1.19. The van der Waals surface area contributed by atoms with Crippen molar-refractivity contribution in [2.24, 2.45) is 0 Å². The van der Waals surface area contributed by atoms with Crippen molar-refractivity contribution in [1.29, 1.82) is 0 Å². The van der Waals surface area contributed by atoms with Gasteiger partial charge in [0, 0.05) is 6.54 Å². The van der Waals surface area contributed by atoms with Crippen molar-refractivity contribution in [3.8, 4) is 5.75 Å². The average molecular weight is 589 g/mol. The third-order valence-electron chi connectivity index (χ3n) is 7.87. The van der Waals surface area contributed by atoms with Gasteiger partial charge >= 0.3 is 12.1 Å². The summed E-state index contributed by atoms with van der Waals surface area (Å²) in [6.45, 7) is 4.48. The molecule has 3 amide bonds. The molecule has 1 spiro atoms. The summed E-state index contributed by atoms with van der Waals surface area (Å²) in [4.78, 5) is 30.4. The smallest absolute Gasteiger partial charge is 0.420 e. The fraction of sp³-hybridized carbons (Fsp3) is 0.394. The third-order valence-corrected chi connectivity index (χ3v) is 7.87. The summed E-state index contributed by atoms with van der Waals surface area (Å²) in [7, 11) is 1.60. The number of hydrogen-bond acceptors (Lipinski definition) is 8. The van der Waals surface area contributed by atoms with Gasteiger partial charge in [0.1, 0.15) is 30.7 Å². The van der Waals surface area contributed by atoms with Crippen LogP contribution in [-0.2, 0) is 43.4 Å². The number of nitrogens with zero attached hydrogens (tertiary/aromatic N) is 2. The zero-order valence-corrected chi connectivity index (χ0v) is 24.5. The van der Waals surface area contributed by atoms with Crippen molar-refractivity contribution < 1.29 is 38.0 Å². The second-order valence-corrected chi connectivity index (χ2v) is 11.4. The molecule has 6 rings (SSSR count). The third kappa shape index (κ3) is 5.96. The molecule has 226 valence electrons. The van der Waals surface area contributed by atoms with E-state index in [4.69, 9.17) is 28.4 Å². The second-order valence-electron chi connectivity index (χ2n) is 11.4. The van der Waals surface area contributed by atoms with Gasteiger partial charge in [0.05, 0.1) is 26.9 Å². The van der Waals surface area contributed by atoms with Crippen molar-refractivity contribution in [1.82, 2.24) is 9.80 Å². The van der Waals surface area contributed by atoms with Crippen LogP contribution in [0.3, 0.4) is 0 Å². The van der Waals surface area contributed by atoms with Crippen molar-refractivity contribution >= 4 is 12.1 Å². The van der Waals surface area contributed by atoms with E-state index in [1.807, 2.05) is 98.8 Å². The Bertz CT molecular complexity index is 1420. The minimum absolute atomic E-state index is 0.00141. The molecular weight excluding hydrogens is 552 g/mol. The van der Waals surface area contributed by atoms with Gasteiger partial charge in [-0.25, -0.2) is 9.59 Å². The van der Waals surface area contributed by atoms with Gasteiger partial charge in [-0.15, -0.1) is 0 Å². The van der Waals surface area contributed by atoms with Gasteiger partial charge < -0.3 is 33.3 Å². The van der Waals surface area contributed by atoms with E-state index < -0.39 is 41.9 Å². The quantitative estimate of drug-likeness (QED) is 0.341. The second kappa shape index (κ2) is 12.0. The normalized spacial score (nSPS) is 25.7. The first-order valence-corrected chi connectivity index (χ1v) is 14.4. The fourth-order valence-electron chi connectivity index (χ4n) is 5.92. The van der Waals surface area contributed by atoms with Gasteiger partial charge in [0.2, 0.25) is 5.72 Å². The van der Waals surface area contributed by atoms with Gasteiger partial charge in [0.15, 0.2) is 5.79 Å². The van der Waals surface area contributed by atoms with Gasteiger partial charge in [-0.3, -0.25) is 0 Å². The highest BCUT2D eigenvalue weighted by molar-refractivity contribution is 5.94. The largest absolute Gasteiger partial charge is 0.497 e. The Morgan fingerprint density at radius 1 is 0.860 bits per heavy atom. The van der Waals surface area contributed by atoms with Crippen LogP contribution in [0.15, 0.2) is 84.9 Å². The van der Waals surface area contributed by atoms with Crippen molar-refractivity contribution in [3.63, 3.8) is 0 Å². The molecule has 0 N–H and O–H groups in total. The molecule has 43 heavy (non-hydrogen) atoms. The molecule has 0 radical (unpaired) electrons. The fourth-order valence-corrected chi connectivity index (χ4v) is 5.92. The van der Waals surface area contributed by atoms with Crippen LogP contribution in [0.4, 0.5) is 9.59 Å². The van der Waals surface area contributed by atoms with E-state index in [1.54, 1.807) is 12.0 Å². The first-order chi connectivity index (χ1) is 20.8. The van der Waals surface area contributed by atoms with Crippen LogP contribution < -0.4 is 4.74 Å². The molecule has 10 nitrogen and oxygen atoms in total. The molecule has 0 saturated carbocycles. The number of urea groups is 1. The highest BCUT2D eigenvalue weighted by Crippen LogP contribution is 2.49. The number of carbonyl (C=O) groups is 2. The predicted octanol–water partition coefficient (Wildman–Crippen LogP) is 5.10. The summed E-state index contributed by atoms with van der Waals surface area (Å²) >= 11 is 0. The van der Waals surface area contributed by atoms with Gasteiger partial charge in [0.25, 0.3) is 0 Å². The molecule has 3 aliphatic heterocycles. The summed E-state index contributed by atoms with van der Waals surface area (Å²) < 4.78 is 36.3. The monoisotopic (exact) mass is 588 g/mol. The van der Waals surface area contributed by atoms with Crippen LogP contribution in [0.25, 0.3) is 0 Å². The molecule has 0 aliphatic carbocycles. The topological polar surface area (TPSA) is 96.0 Å². The number of rotatable bonds is 9. The molecule has 3 aliphatic rings. The Morgan fingerprint density at radius 2 is 1.51 bits per heavy atom. The van der Waals surface area contributed by atoms with Crippen LogP contribution in [0.2, 0.25) is 0 Å². The van der Waals surface area contributed by atoms with Crippen LogP contribution in [0.5, 0.6) is 5.75 Å². The van der Waals surface area contributed by atoms with E-state index in [0.29, 0.717) is 12.4 Å². The van der Waals surface area contributed by atoms with Crippen molar-refractivity contribution in [3.05, 3.63) is 102 Å². The Kier molecular flexibility index (Phi) is 8.11. The number of imide groups is 1. The zero-order chi connectivity index (χ0) is 30.0. The summed E-state index contributed by atoms with van der Waals surface area (Å²) in [5, 5.41) is 0. The first-order valence-electron chi connectivity index (χ1n) is 14.4. The molecule has 3 fully saturated rings. The minimum Gasteiger partial charge on any atom is -0.497 e. The molecule has 3 saturated heterocycles. The molecule has 4 atom stereocenters.